The first-order chi connectivity index (χ1) is 10.6. The maximum absolute atomic E-state index is 12.5. The molecule has 2 unspecified atom stereocenters. The van der Waals surface area contributed by atoms with Crippen LogP contribution >= 0.6 is 11.3 Å². The fraction of sp³-hybridized carbons (Fsp3) is 0.500. The van der Waals surface area contributed by atoms with Crippen molar-refractivity contribution in [3.8, 4) is 11.5 Å². The summed E-state index contributed by atoms with van der Waals surface area (Å²) in [5.41, 5.74) is 7.42. The van der Waals surface area contributed by atoms with Gasteiger partial charge >= 0.3 is 0 Å². The molecule has 3 heterocycles. The van der Waals surface area contributed by atoms with Crippen LogP contribution in [0.5, 0.6) is 0 Å². The van der Waals surface area contributed by atoms with Crippen molar-refractivity contribution in [2.75, 3.05) is 13.1 Å². The summed E-state index contributed by atoms with van der Waals surface area (Å²) in [5, 5.41) is 3.98. The summed E-state index contributed by atoms with van der Waals surface area (Å²) < 4.78 is 5.70. The molecule has 3 rings (SSSR count). The van der Waals surface area contributed by atoms with Gasteiger partial charge in [-0.25, -0.2) is 4.98 Å². The van der Waals surface area contributed by atoms with E-state index in [1.54, 1.807) is 11.3 Å². The summed E-state index contributed by atoms with van der Waals surface area (Å²) in [6.45, 7) is 5.34. The number of hydrogen-bond acceptors (Lipinski definition) is 5. The highest BCUT2D eigenvalue weighted by Crippen LogP contribution is 2.26. The number of amides is 1. The standard InChI is InChI=1S/C16H21N3O2S/c1-10-5-12(7-17)8-19(10)15(20)6-14-11(2)21-16(18-14)13-3-4-22-9-13/h3-4,9-10,12H,5-8,17H2,1-2H3. The van der Waals surface area contributed by atoms with Crippen molar-refractivity contribution < 1.29 is 9.21 Å². The van der Waals surface area contributed by atoms with Gasteiger partial charge in [0.25, 0.3) is 0 Å². The number of carbonyl (C=O) groups is 1. The zero-order valence-electron chi connectivity index (χ0n) is 12.9. The van der Waals surface area contributed by atoms with Crippen LogP contribution in [0.3, 0.4) is 0 Å². The number of thiophene rings is 1. The molecule has 5 nitrogen and oxygen atoms in total. The predicted octanol–water partition coefficient (Wildman–Crippen LogP) is 2.45. The molecule has 1 aliphatic rings. The monoisotopic (exact) mass is 319 g/mol. The third-order valence-electron chi connectivity index (χ3n) is 4.29. The molecule has 118 valence electrons. The quantitative estimate of drug-likeness (QED) is 0.939. The van der Waals surface area contributed by atoms with E-state index in [1.807, 2.05) is 28.7 Å². The predicted molar refractivity (Wildman–Crippen MR) is 86.6 cm³/mol. The Morgan fingerprint density at radius 3 is 3.05 bits per heavy atom. The molecule has 0 aliphatic carbocycles. The molecule has 6 heteroatoms. The molecule has 0 aromatic carbocycles. The Bertz CT molecular complexity index is 650. The first kappa shape index (κ1) is 15.2. The topological polar surface area (TPSA) is 72.4 Å². The van der Waals surface area contributed by atoms with Crippen molar-refractivity contribution in [3.05, 3.63) is 28.3 Å². The lowest BCUT2D eigenvalue weighted by atomic mass is 10.1. The number of oxazole rings is 1. The Hall–Kier alpha value is -1.66. The van der Waals surface area contributed by atoms with Gasteiger partial charge in [-0.2, -0.15) is 11.3 Å². The van der Waals surface area contributed by atoms with Gasteiger partial charge in [0.1, 0.15) is 5.76 Å². The van der Waals surface area contributed by atoms with Crippen molar-refractivity contribution in [2.24, 2.45) is 11.7 Å². The molecule has 1 saturated heterocycles. The van der Waals surface area contributed by atoms with Crippen LogP contribution in [0.25, 0.3) is 11.5 Å². The van der Waals surface area contributed by atoms with Crippen LogP contribution in [0.15, 0.2) is 21.2 Å². The summed E-state index contributed by atoms with van der Waals surface area (Å²) >= 11 is 1.60. The number of carbonyl (C=O) groups excluding carboxylic acids is 1. The van der Waals surface area contributed by atoms with Gasteiger partial charge in [-0.3, -0.25) is 4.79 Å². The first-order valence-electron chi connectivity index (χ1n) is 7.57. The Balaban J connectivity index is 1.72. The Morgan fingerprint density at radius 2 is 2.41 bits per heavy atom. The molecule has 1 amide bonds. The molecule has 0 radical (unpaired) electrons. The molecule has 2 N–H and O–H groups in total. The van der Waals surface area contributed by atoms with Crippen LogP contribution in [0.2, 0.25) is 0 Å². The zero-order chi connectivity index (χ0) is 15.7. The van der Waals surface area contributed by atoms with Crippen LogP contribution in [-0.4, -0.2) is 34.9 Å². The Labute approximate surface area is 134 Å². The first-order valence-corrected chi connectivity index (χ1v) is 8.51. The average molecular weight is 319 g/mol. The molecule has 22 heavy (non-hydrogen) atoms. The minimum atomic E-state index is 0.108. The van der Waals surface area contributed by atoms with E-state index >= 15 is 0 Å². The third kappa shape index (κ3) is 2.94. The maximum Gasteiger partial charge on any atom is 0.228 e. The fourth-order valence-electron chi connectivity index (χ4n) is 3.01. The summed E-state index contributed by atoms with van der Waals surface area (Å²) in [7, 11) is 0. The second kappa shape index (κ2) is 6.22. The lowest BCUT2D eigenvalue weighted by Crippen LogP contribution is -2.35. The number of aryl methyl sites for hydroxylation is 1. The number of aromatic nitrogens is 1. The summed E-state index contributed by atoms with van der Waals surface area (Å²) in [6, 6.07) is 2.22. The van der Waals surface area contributed by atoms with E-state index in [0.717, 1.165) is 30.0 Å². The molecule has 0 spiro atoms. The molecule has 0 saturated carbocycles. The third-order valence-corrected chi connectivity index (χ3v) is 4.98. The highest BCUT2D eigenvalue weighted by Gasteiger charge is 2.32. The number of rotatable bonds is 4. The summed E-state index contributed by atoms with van der Waals surface area (Å²) in [4.78, 5) is 19.0. The van der Waals surface area contributed by atoms with Crippen LogP contribution in [0.1, 0.15) is 24.8 Å². The van der Waals surface area contributed by atoms with Crippen molar-refractivity contribution in [2.45, 2.75) is 32.7 Å². The summed E-state index contributed by atoms with van der Waals surface area (Å²) in [6.07, 6.45) is 1.28. The smallest absolute Gasteiger partial charge is 0.228 e. The zero-order valence-corrected chi connectivity index (χ0v) is 13.7. The van der Waals surface area contributed by atoms with Gasteiger partial charge in [-0.05, 0) is 44.2 Å². The normalized spacial score (nSPS) is 21.5. The van der Waals surface area contributed by atoms with Gasteiger partial charge in [0, 0.05) is 23.5 Å². The maximum atomic E-state index is 12.5. The Kier molecular flexibility index (Phi) is 4.31. The largest absolute Gasteiger partial charge is 0.441 e. The lowest BCUT2D eigenvalue weighted by molar-refractivity contribution is -0.131. The minimum absolute atomic E-state index is 0.108. The van der Waals surface area contributed by atoms with E-state index in [2.05, 4.69) is 11.9 Å². The van der Waals surface area contributed by atoms with Crippen LogP contribution in [-0.2, 0) is 11.2 Å². The van der Waals surface area contributed by atoms with E-state index in [0.29, 0.717) is 24.8 Å². The Morgan fingerprint density at radius 1 is 1.59 bits per heavy atom. The summed E-state index contributed by atoms with van der Waals surface area (Å²) in [5.74, 6) is 1.84. The van der Waals surface area contributed by atoms with E-state index in [9.17, 15) is 4.79 Å². The van der Waals surface area contributed by atoms with Crippen LogP contribution in [0.4, 0.5) is 0 Å². The van der Waals surface area contributed by atoms with Crippen molar-refractivity contribution in [1.82, 2.24) is 9.88 Å². The number of nitrogens with zero attached hydrogens (tertiary/aromatic N) is 2. The molecule has 2 aromatic heterocycles. The highest BCUT2D eigenvalue weighted by molar-refractivity contribution is 7.08. The van der Waals surface area contributed by atoms with Gasteiger partial charge in [0.15, 0.2) is 0 Å². The van der Waals surface area contributed by atoms with Gasteiger partial charge in [0.2, 0.25) is 11.8 Å². The molecule has 1 fully saturated rings. The lowest BCUT2D eigenvalue weighted by Gasteiger charge is -2.21. The van der Waals surface area contributed by atoms with Gasteiger partial charge in [0.05, 0.1) is 12.1 Å². The van der Waals surface area contributed by atoms with Crippen LogP contribution in [0, 0.1) is 12.8 Å². The van der Waals surface area contributed by atoms with Crippen molar-refractivity contribution >= 4 is 17.2 Å². The minimum Gasteiger partial charge on any atom is -0.441 e. The van der Waals surface area contributed by atoms with Gasteiger partial charge < -0.3 is 15.1 Å². The number of hydrogen-bond donors (Lipinski definition) is 1. The molecule has 2 atom stereocenters. The average Bonchev–Trinajstić information content (AvgIpc) is 3.19. The number of likely N-dealkylation sites (tertiary alicyclic amines) is 1. The van der Waals surface area contributed by atoms with E-state index in [4.69, 9.17) is 10.2 Å². The van der Waals surface area contributed by atoms with Crippen molar-refractivity contribution in [1.29, 1.82) is 0 Å². The fourth-order valence-corrected chi connectivity index (χ4v) is 3.64. The van der Waals surface area contributed by atoms with Crippen molar-refractivity contribution in [3.63, 3.8) is 0 Å². The van der Waals surface area contributed by atoms with Gasteiger partial charge in [-0.15, -0.1) is 0 Å². The van der Waals surface area contributed by atoms with Crippen LogP contribution < -0.4 is 5.73 Å². The molecule has 1 aliphatic heterocycles. The molecular formula is C16H21N3O2S. The second-order valence-electron chi connectivity index (χ2n) is 5.94. The van der Waals surface area contributed by atoms with E-state index in [-0.39, 0.29) is 11.9 Å². The second-order valence-corrected chi connectivity index (χ2v) is 6.72. The molecule has 0 bridgehead atoms. The van der Waals surface area contributed by atoms with E-state index in [1.165, 1.54) is 0 Å². The van der Waals surface area contributed by atoms with Gasteiger partial charge in [-0.1, -0.05) is 0 Å². The number of nitrogens with two attached hydrogens (primary N) is 1. The van der Waals surface area contributed by atoms with E-state index < -0.39 is 0 Å². The highest BCUT2D eigenvalue weighted by atomic mass is 32.1. The molecule has 2 aromatic rings. The molecular weight excluding hydrogens is 298 g/mol. The SMILES string of the molecule is Cc1oc(-c2ccsc2)nc1CC(=O)N1CC(CN)CC1C.